The third kappa shape index (κ3) is 2.54. The number of carbonyl (C=O) groups excluding carboxylic acids is 2. The van der Waals surface area contributed by atoms with Crippen LogP contribution in [0.25, 0.3) is 0 Å². The summed E-state index contributed by atoms with van der Waals surface area (Å²) in [6.45, 7) is 0. The van der Waals surface area contributed by atoms with E-state index in [9.17, 15) is 9.59 Å². The van der Waals surface area contributed by atoms with Crippen LogP contribution in [0.3, 0.4) is 0 Å². The predicted octanol–water partition coefficient (Wildman–Crippen LogP) is 3.09. The van der Waals surface area contributed by atoms with Crippen molar-refractivity contribution in [2.75, 3.05) is 0 Å². The molecule has 0 N–H and O–H groups in total. The molecule has 5 heteroatoms. The van der Waals surface area contributed by atoms with Crippen LogP contribution in [0.5, 0.6) is 0 Å². The summed E-state index contributed by atoms with van der Waals surface area (Å²) in [7, 11) is 0. The molecule has 3 nitrogen and oxygen atoms in total. The van der Waals surface area contributed by atoms with E-state index in [1.165, 1.54) is 18.2 Å². The third-order valence-corrected chi connectivity index (χ3v) is 3.00. The van der Waals surface area contributed by atoms with Gasteiger partial charge in [0.25, 0.3) is 0 Å². The van der Waals surface area contributed by atoms with E-state index in [1.54, 1.807) is 0 Å². The molecule has 1 aliphatic rings. The summed E-state index contributed by atoms with van der Waals surface area (Å²) in [5, 5.41) is 0.613. The number of carbonyl (C=O) groups is 2. The molecule has 0 radical (unpaired) electrons. The summed E-state index contributed by atoms with van der Waals surface area (Å²) in [6, 6.07) is 4.34. The van der Waals surface area contributed by atoms with Crippen molar-refractivity contribution in [1.29, 1.82) is 0 Å². The lowest BCUT2D eigenvalue weighted by molar-refractivity contribution is -0.139. The van der Waals surface area contributed by atoms with E-state index in [4.69, 9.17) is 23.2 Å². The van der Waals surface area contributed by atoms with Crippen molar-refractivity contribution in [3.63, 3.8) is 0 Å². The van der Waals surface area contributed by atoms with Crippen LogP contribution in [-0.2, 0) is 9.53 Å². The molecule has 84 valence electrons. The van der Waals surface area contributed by atoms with Crippen LogP contribution in [0.2, 0.25) is 10.0 Å². The number of rotatable bonds is 2. The van der Waals surface area contributed by atoms with Gasteiger partial charge in [-0.1, -0.05) is 23.2 Å². The standard InChI is InChI=1S/C11H8Cl2O3/c12-8-4-3-7(5-9(8)13)11(15)16-10(14)6-1-2-6/h3-6H,1-2H2. The van der Waals surface area contributed by atoms with Gasteiger partial charge in [0.05, 0.1) is 21.5 Å². The molecule has 0 saturated heterocycles. The highest BCUT2D eigenvalue weighted by Crippen LogP contribution is 2.30. The van der Waals surface area contributed by atoms with Crippen molar-refractivity contribution in [1.82, 2.24) is 0 Å². The number of hydrogen-bond donors (Lipinski definition) is 0. The normalized spacial score (nSPS) is 14.6. The Morgan fingerprint density at radius 1 is 1.19 bits per heavy atom. The van der Waals surface area contributed by atoms with Gasteiger partial charge >= 0.3 is 11.9 Å². The molecule has 0 amide bonds. The third-order valence-electron chi connectivity index (χ3n) is 2.26. The molecule has 1 saturated carbocycles. The highest BCUT2D eigenvalue weighted by molar-refractivity contribution is 6.42. The average molecular weight is 259 g/mol. The summed E-state index contributed by atoms with van der Waals surface area (Å²) in [6.07, 6.45) is 1.60. The van der Waals surface area contributed by atoms with Gasteiger partial charge in [0.1, 0.15) is 0 Å². The maximum atomic E-state index is 11.5. The number of ether oxygens (including phenoxy) is 1. The molecule has 16 heavy (non-hydrogen) atoms. The molecule has 2 rings (SSSR count). The molecule has 1 aromatic carbocycles. The second kappa shape index (κ2) is 4.44. The molecule has 0 bridgehead atoms. The molecule has 1 aliphatic carbocycles. The van der Waals surface area contributed by atoms with Crippen LogP contribution in [0, 0.1) is 5.92 Å². The van der Waals surface area contributed by atoms with Gasteiger partial charge in [-0.15, -0.1) is 0 Å². The summed E-state index contributed by atoms with van der Waals surface area (Å²) in [4.78, 5) is 22.7. The Morgan fingerprint density at radius 2 is 1.88 bits per heavy atom. The highest BCUT2D eigenvalue weighted by atomic mass is 35.5. The van der Waals surface area contributed by atoms with Crippen LogP contribution >= 0.6 is 23.2 Å². The van der Waals surface area contributed by atoms with Crippen molar-refractivity contribution in [2.45, 2.75) is 12.8 Å². The minimum absolute atomic E-state index is 0.105. The van der Waals surface area contributed by atoms with Crippen molar-refractivity contribution in [2.24, 2.45) is 5.92 Å². The monoisotopic (exact) mass is 258 g/mol. The van der Waals surface area contributed by atoms with Gasteiger partial charge in [0, 0.05) is 0 Å². The maximum absolute atomic E-state index is 11.5. The van der Waals surface area contributed by atoms with E-state index in [0.29, 0.717) is 5.02 Å². The first-order valence-corrected chi connectivity index (χ1v) is 5.54. The smallest absolute Gasteiger partial charge is 0.345 e. The fourth-order valence-corrected chi connectivity index (χ4v) is 1.47. The zero-order chi connectivity index (χ0) is 11.7. The van der Waals surface area contributed by atoms with Gasteiger partial charge in [-0.2, -0.15) is 0 Å². The zero-order valence-electron chi connectivity index (χ0n) is 8.20. The number of esters is 2. The van der Waals surface area contributed by atoms with Gasteiger partial charge in [-0.25, -0.2) is 4.79 Å². The highest BCUT2D eigenvalue weighted by Gasteiger charge is 2.33. The fraction of sp³-hybridized carbons (Fsp3) is 0.273. The van der Waals surface area contributed by atoms with Crippen LogP contribution in [0.15, 0.2) is 18.2 Å². The summed E-state index contributed by atoms with van der Waals surface area (Å²) in [5.74, 6) is -1.25. The van der Waals surface area contributed by atoms with Crippen molar-refractivity contribution in [3.8, 4) is 0 Å². The first kappa shape index (κ1) is 11.4. The van der Waals surface area contributed by atoms with Gasteiger partial charge in [-0.3, -0.25) is 4.79 Å². The Labute approximate surface area is 102 Å². The minimum Gasteiger partial charge on any atom is -0.389 e. The van der Waals surface area contributed by atoms with Crippen LogP contribution < -0.4 is 0 Å². The molecular weight excluding hydrogens is 251 g/mol. The lowest BCUT2D eigenvalue weighted by Crippen LogP contribution is -2.13. The number of halogens is 2. The molecule has 0 aliphatic heterocycles. The summed E-state index contributed by atoms with van der Waals surface area (Å²) in [5.41, 5.74) is 0.225. The molecule has 0 atom stereocenters. The van der Waals surface area contributed by atoms with Gasteiger partial charge in [0.2, 0.25) is 0 Å². The minimum atomic E-state index is -0.685. The molecular formula is C11H8Cl2O3. The molecule has 1 fully saturated rings. The van der Waals surface area contributed by atoms with Crippen molar-refractivity contribution >= 4 is 35.1 Å². The van der Waals surface area contributed by atoms with Crippen LogP contribution in [0.4, 0.5) is 0 Å². The fourth-order valence-electron chi connectivity index (χ4n) is 1.18. The molecule has 0 spiro atoms. The van der Waals surface area contributed by atoms with Gasteiger partial charge in [-0.05, 0) is 31.0 Å². The Bertz CT molecular complexity index is 453. The zero-order valence-corrected chi connectivity index (χ0v) is 9.72. The second-order valence-electron chi connectivity index (χ2n) is 3.61. The van der Waals surface area contributed by atoms with E-state index in [1.807, 2.05) is 0 Å². The van der Waals surface area contributed by atoms with Crippen molar-refractivity contribution in [3.05, 3.63) is 33.8 Å². The SMILES string of the molecule is O=C(OC(=O)C1CC1)c1ccc(Cl)c(Cl)c1. The van der Waals surface area contributed by atoms with Gasteiger partial charge in [0.15, 0.2) is 0 Å². The molecule has 0 aromatic heterocycles. The predicted molar refractivity (Wildman–Crippen MR) is 59.6 cm³/mol. The Kier molecular flexibility index (Phi) is 3.17. The van der Waals surface area contributed by atoms with Crippen LogP contribution in [0.1, 0.15) is 23.2 Å². The summed E-state index contributed by atoms with van der Waals surface area (Å²) < 4.78 is 4.68. The van der Waals surface area contributed by atoms with Crippen molar-refractivity contribution < 1.29 is 14.3 Å². The maximum Gasteiger partial charge on any atom is 0.345 e. The van der Waals surface area contributed by atoms with Crippen LogP contribution in [-0.4, -0.2) is 11.9 Å². The van der Waals surface area contributed by atoms with E-state index in [2.05, 4.69) is 4.74 Å². The first-order valence-electron chi connectivity index (χ1n) is 4.79. The first-order chi connectivity index (χ1) is 7.58. The van der Waals surface area contributed by atoms with E-state index < -0.39 is 11.9 Å². The molecule has 1 aromatic rings. The lowest BCUT2D eigenvalue weighted by atomic mass is 10.2. The largest absolute Gasteiger partial charge is 0.389 e. The van der Waals surface area contributed by atoms with E-state index in [-0.39, 0.29) is 16.5 Å². The number of benzene rings is 1. The lowest BCUT2D eigenvalue weighted by Gasteiger charge is -2.03. The molecule has 0 unspecified atom stereocenters. The Balaban J connectivity index is 2.08. The van der Waals surface area contributed by atoms with E-state index >= 15 is 0 Å². The molecule has 0 heterocycles. The van der Waals surface area contributed by atoms with Gasteiger partial charge < -0.3 is 4.74 Å². The van der Waals surface area contributed by atoms with E-state index in [0.717, 1.165) is 12.8 Å². The summed E-state index contributed by atoms with van der Waals surface area (Å²) >= 11 is 11.4. The topological polar surface area (TPSA) is 43.4 Å². The Morgan fingerprint density at radius 3 is 2.44 bits per heavy atom. The second-order valence-corrected chi connectivity index (χ2v) is 4.43. The quantitative estimate of drug-likeness (QED) is 0.605. The Hall–Kier alpha value is -1.06. The number of hydrogen-bond acceptors (Lipinski definition) is 3. The average Bonchev–Trinajstić information content (AvgIpc) is 3.05.